The van der Waals surface area contributed by atoms with Gasteiger partial charge in [-0.15, -0.1) is 0 Å². The molecule has 0 bridgehead atoms. The second kappa shape index (κ2) is 12.8. The third kappa shape index (κ3) is 6.54. The molecular weight excluding hydrogens is 378 g/mol. The summed E-state index contributed by atoms with van der Waals surface area (Å²) in [6.07, 6.45) is 12.1. The van der Waals surface area contributed by atoms with Gasteiger partial charge in [0.2, 0.25) is 0 Å². The normalized spacial score (nSPS) is 12.8. The minimum absolute atomic E-state index is 0.540. The summed E-state index contributed by atoms with van der Waals surface area (Å²) in [5, 5.41) is 16.4. The first-order valence-corrected chi connectivity index (χ1v) is 12.6. The van der Waals surface area contributed by atoms with Gasteiger partial charge >= 0.3 is 0 Å². The van der Waals surface area contributed by atoms with Crippen molar-refractivity contribution in [3.8, 4) is 0 Å². The van der Waals surface area contributed by atoms with Gasteiger partial charge in [0.25, 0.3) is 0 Å². The third-order valence-corrected chi connectivity index (χ3v) is 6.54. The molecule has 2 nitrogen and oxygen atoms in total. The molecule has 0 fully saturated rings. The minimum atomic E-state index is -0.540. The Labute approximate surface area is 189 Å². The molecule has 1 N–H and O–H groups in total. The number of hydrogen-bond acceptors (Lipinski definition) is 2. The Morgan fingerprint density at radius 2 is 1.23 bits per heavy atom. The summed E-state index contributed by atoms with van der Waals surface area (Å²) in [6, 6.07) is 19.3. The van der Waals surface area contributed by atoms with Crippen LogP contribution in [0.4, 0.5) is 0 Å². The predicted octanol–water partition coefficient (Wildman–Crippen LogP) is 8.23. The number of hydrogen-bond donors (Lipinski definition) is 1. The fourth-order valence-electron chi connectivity index (χ4n) is 4.68. The van der Waals surface area contributed by atoms with E-state index in [4.69, 9.17) is 0 Å². The highest BCUT2D eigenvalue weighted by molar-refractivity contribution is 6.08. The van der Waals surface area contributed by atoms with E-state index in [0.717, 1.165) is 18.7 Å². The van der Waals surface area contributed by atoms with Gasteiger partial charge in [-0.3, -0.25) is 4.90 Å². The average Bonchev–Trinajstić information content (AvgIpc) is 2.81. The van der Waals surface area contributed by atoms with Crippen molar-refractivity contribution in [3.05, 3.63) is 60.2 Å². The summed E-state index contributed by atoms with van der Waals surface area (Å²) in [4.78, 5) is 2.32. The molecule has 0 aliphatic carbocycles. The molecule has 31 heavy (non-hydrogen) atoms. The summed E-state index contributed by atoms with van der Waals surface area (Å²) in [5.74, 6) is 0. The number of aliphatic hydroxyl groups excluding tert-OH is 1. The summed E-state index contributed by atoms with van der Waals surface area (Å²) < 4.78 is 0. The molecule has 0 amide bonds. The molecule has 0 aliphatic heterocycles. The van der Waals surface area contributed by atoms with Crippen LogP contribution in [0.1, 0.15) is 89.8 Å². The summed E-state index contributed by atoms with van der Waals surface area (Å²) in [5.41, 5.74) is 1.05. The molecule has 0 heterocycles. The SMILES string of the molecule is CCCCCCCN(CCCCCCC)C(O)c1cccc2c1ccc1ccccc12. The Balaban J connectivity index is 1.78. The Morgan fingerprint density at radius 1 is 0.613 bits per heavy atom. The smallest absolute Gasteiger partial charge is 0.134 e. The van der Waals surface area contributed by atoms with Crippen molar-refractivity contribution < 1.29 is 5.11 Å². The number of rotatable bonds is 14. The molecule has 0 aliphatic rings. The lowest BCUT2D eigenvalue weighted by atomic mass is 9.97. The Kier molecular flexibility index (Phi) is 9.84. The zero-order valence-electron chi connectivity index (χ0n) is 19.7. The number of aliphatic hydroxyl groups is 1. The highest BCUT2D eigenvalue weighted by Crippen LogP contribution is 2.32. The second-order valence-corrected chi connectivity index (χ2v) is 8.97. The first-order chi connectivity index (χ1) is 15.3. The van der Waals surface area contributed by atoms with Gasteiger partial charge < -0.3 is 5.11 Å². The fourth-order valence-corrected chi connectivity index (χ4v) is 4.68. The lowest BCUT2D eigenvalue weighted by molar-refractivity contribution is 0.000438. The molecule has 3 aromatic rings. The zero-order chi connectivity index (χ0) is 21.9. The maximum absolute atomic E-state index is 11.5. The molecule has 0 radical (unpaired) electrons. The minimum Gasteiger partial charge on any atom is -0.374 e. The van der Waals surface area contributed by atoms with E-state index in [9.17, 15) is 5.11 Å². The van der Waals surface area contributed by atoms with Gasteiger partial charge in [0, 0.05) is 18.7 Å². The number of benzene rings is 3. The van der Waals surface area contributed by atoms with Gasteiger partial charge in [0.05, 0.1) is 0 Å². The van der Waals surface area contributed by atoms with Crippen molar-refractivity contribution in [2.24, 2.45) is 0 Å². The molecular formula is C29H41NO. The van der Waals surface area contributed by atoms with Crippen LogP contribution in [0.15, 0.2) is 54.6 Å². The highest BCUT2D eigenvalue weighted by atomic mass is 16.3. The van der Waals surface area contributed by atoms with Crippen molar-refractivity contribution >= 4 is 21.5 Å². The van der Waals surface area contributed by atoms with Crippen LogP contribution in [-0.4, -0.2) is 23.1 Å². The van der Waals surface area contributed by atoms with Crippen LogP contribution < -0.4 is 0 Å². The van der Waals surface area contributed by atoms with Crippen LogP contribution in [0.25, 0.3) is 21.5 Å². The Morgan fingerprint density at radius 3 is 1.90 bits per heavy atom. The molecule has 3 rings (SSSR count). The molecule has 0 saturated carbocycles. The standard InChI is InChI=1S/C29H41NO/c1-3-5-7-9-13-22-30(23-14-10-8-6-4-2)29(31)28-19-15-18-26-25-17-12-11-16-24(25)20-21-27(26)28/h11-12,15-21,29,31H,3-10,13-14,22-23H2,1-2H3. The van der Waals surface area contributed by atoms with Crippen LogP contribution in [0.3, 0.4) is 0 Å². The van der Waals surface area contributed by atoms with E-state index in [1.54, 1.807) is 0 Å². The van der Waals surface area contributed by atoms with Crippen molar-refractivity contribution in [1.82, 2.24) is 4.90 Å². The van der Waals surface area contributed by atoms with E-state index in [1.807, 2.05) is 0 Å². The molecule has 168 valence electrons. The van der Waals surface area contributed by atoms with E-state index in [1.165, 1.54) is 85.8 Å². The summed E-state index contributed by atoms with van der Waals surface area (Å²) in [6.45, 7) is 6.47. The van der Waals surface area contributed by atoms with Crippen LogP contribution in [-0.2, 0) is 0 Å². The molecule has 0 spiro atoms. The first kappa shape index (κ1) is 23.8. The number of unbranched alkanes of at least 4 members (excludes halogenated alkanes) is 8. The zero-order valence-corrected chi connectivity index (χ0v) is 19.7. The van der Waals surface area contributed by atoms with Crippen molar-refractivity contribution in [2.75, 3.05) is 13.1 Å². The lowest BCUT2D eigenvalue weighted by Gasteiger charge is -2.29. The van der Waals surface area contributed by atoms with E-state index < -0.39 is 6.23 Å². The monoisotopic (exact) mass is 419 g/mol. The van der Waals surface area contributed by atoms with Gasteiger partial charge in [0.1, 0.15) is 6.23 Å². The van der Waals surface area contributed by atoms with Gasteiger partial charge in [-0.2, -0.15) is 0 Å². The first-order valence-electron chi connectivity index (χ1n) is 12.6. The van der Waals surface area contributed by atoms with Crippen molar-refractivity contribution in [1.29, 1.82) is 0 Å². The molecule has 0 aromatic heterocycles. The van der Waals surface area contributed by atoms with Crippen LogP contribution in [0.5, 0.6) is 0 Å². The van der Waals surface area contributed by atoms with Crippen molar-refractivity contribution in [3.63, 3.8) is 0 Å². The Bertz CT molecular complexity index is 905. The van der Waals surface area contributed by atoms with Crippen LogP contribution in [0.2, 0.25) is 0 Å². The number of nitrogens with zero attached hydrogens (tertiary/aromatic N) is 1. The maximum atomic E-state index is 11.5. The number of fused-ring (bicyclic) bond motifs is 3. The predicted molar refractivity (Wildman–Crippen MR) is 136 cm³/mol. The summed E-state index contributed by atoms with van der Waals surface area (Å²) >= 11 is 0. The van der Waals surface area contributed by atoms with E-state index in [-0.39, 0.29) is 0 Å². The van der Waals surface area contributed by atoms with Crippen LogP contribution in [0, 0.1) is 0 Å². The van der Waals surface area contributed by atoms with Gasteiger partial charge in [0.15, 0.2) is 0 Å². The highest BCUT2D eigenvalue weighted by Gasteiger charge is 2.19. The van der Waals surface area contributed by atoms with Crippen molar-refractivity contribution in [2.45, 2.75) is 84.3 Å². The molecule has 1 unspecified atom stereocenters. The topological polar surface area (TPSA) is 23.5 Å². The van der Waals surface area contributed by atoms with E-state index in [2.05, 4.69) is 73.3 Å². The maximum Gasteiger partial charge on any atom is 0.134 e. The van der Waals surface area contributed by atoms with Crippen LogP contribution >= 0.6 is 0 Å². The second-order valence-electron chi connectivity index (χ2n) is 8.97. The molecule has 2 heteroatoms. The quantitative estimate of drug-likeness (QED) is 0.162. The molecule has 1 atom stereocenters. The average molecular weight is 420 g/mol. The van der Waals surface area contributed by atoms with E-state index in [0.29, 0.717) is 0 Å². The van der Waals surface area contributed by atoms with Gasteiger partial charge in [-0.05, 0) is 34.4 Å². The largest absolute Gasteiger partial charge is 0.374 e. The van der Waals surface area contributed by atoms with Gasteiger partial charge in [-0.1, -0.05) is 120 Å². The molecule has 3 aromatic carbocycles. The van der Waals surface area contributed by atoms with E-state index >= 15 is 0 Å². The third-order valence-electron chi connectivity index (χ3n) is 6.54. The fraction of sp³-hybridized carbons (Fsp3) is 0.517. The summed E-state index contributed by atoms with van der Waals surface area (Å²) in [7, 11) is 0. The Hall–Kier alpha value is -1.90. The molecule has 0 saturated heterocycles. The van der Waals surface area contributed by atoms with Gasteiger partial charge in [-0.25, -0.2) is 0 Å². The lowest BCUT2D eigenvalue weighted by Crippen LogP contribution is -2.31.